The molecule has 0 aliphatic heterocycles. The van der Waals surface area contributed by atoms with Crippen molar-refractivity contribution in [2.24, 2.45) is 0 Å². The van der Waals surface area contributed by atoms with Crippen LogP contribution >= 0.6 is 11.3 Å². The fourth-order valence-corrected chi connectivity index (χ4v) is 5.30. The molecule has 5 aromatic heterocycles. The Morgan fingerprint density at radius 3 is 2.97 bits per heavy atom. The smallest absolute Gasteiger partial charge is 0.275 e. The molecule has 0 aromatic carbocycles. The lowest BCUT2D eigenvalue weighted by molar-refractivity contribution is 0.0260. The summed E-state index contributed by atoms with van der Waals surface area (Å²) >= 11 is 1.39. The van der Waals surface area contributed by atoms with Gasteiger partial charge in [0.2, 0.25) is 0 Å². The van der Waals surface area contributed by atoms with Crippen LogP contribution in [0.3, 0.4) is 0 Å². The molecule has 11 nitrogen and oxygen atoms in total. The van der Waals surface area contributed by atoms with E-state index in [2.05, 4.69) is 30.5 Å². The molecule has 5 aromatic rings. The third-order valence-electron chi connectivity index (χ3n) is 6.32. The monoisotopic (exact) mass is 504 g/mol. The van der Waals surface area contributed by atoms with Crippen LogP contribution in [0.2, 0.25) is 0 Å². The number of carbonyl (C=O) groups excluding carboxylic acids is 1. The summed E-state index contributed by atoms with van der Waals surface area (Å²) in [6.07, 6.45) is 10.8. The Morgan fingerprint density at radius 2 is 2.17 bits per heavy atom. The van der Waals surface area contributed by atoms with Crippen molar-refractivity contribution in [3.05, 3.63) is 48.2 Å². The molecule has 36 heavy (non-hydrogen) atoms. The van der Waals surface area contributed by atoms with E-state index < -0.39 is 0 Å². The van der Waals surface area contributed by atoms with Crippen molar-refractivity contribution in [1.29, 1.82) is 0 Å². The van der Waals surface area contributed by atoms with Crippen molar-refractivity contribution in [2.75, 3.05) is 11.9 Å². The molecule has 6 rings (SSSR count). The average molecular weight is 505 g/mol. The maximum atomic E-state index is 13.2. The molecule has 0 bridgehead atoms. The first-order chi connectivity index (χ1) is 17.7. The third kappa shape index (κ3) is 4.40. The van der Waals surface area contributed by atoms with Gasteiger partial charge in [-0.25, -0.2) is 9.97 Å². The van der Waals surface area contributed by atoms with Gasteiger partial charge in [0, 0.05) is 29.9 Å². The zero-order valence-corrected chi connectivity index (χ0v) is 20.4. The van der Waals surface area contributed by atoms with Gasteiger partial charge in [-0.3, -0.25) is 14.6 Å². The van der Waals surface area contributed by atoms with Crippen molar-refractivity contribution in [3.63, 3.8) is 0 Å². The molecule has 0 spiro atoms. The van der Waals surface area contributed by atoms with E-state index in [1.807, 2.05) is 23.9 Å². The highest BCUT2D eigenvalue weighted by Crippen LogP contribution is 2.34. The van der Waals surface area contributed by atoms with Crippen molar-refractivity contribution in [2.45, 2.75) is 44.8 Å². The number of ether oxygens (including phenoxy) is 1. The number of nitrogens with one attached hydrogen (secondary N) is 2. The summed E-state index contributed by atoms with van der Waals surface area (Å²) < 4.78 is 13.1. The normalized spacial score (nSPS) is 18.0. The van der Waals surface area contributed by atoms with Gasteiger partial charge in [0.15, 0.2) is 17.6 Å². The lowest BCUT2D eigenvalue weighted by Crippen LogP contribution is -2.24. The van der Waals surface area contributed by atoms with Crippen molar-refractivity contribution in [3.8, 4) is 22.0 Å². The van der Waals surface area contributed by atoms with E-state index in [-0.39, 0.29) is 11.9 Å². The zero-order chi connectivity index (χ0) is 24.5. The van der Waals surface area contributed by atoms with Gasteiger partial charge < -0.3 is 14.5 Å². The molecule has 5 heterocycles. The Bertz CT molecular complexity index is 1480. The summed E-state index contributed by atoms with van der Waals surface area (Å²) in [6.45, 7) is 2.76. The summed E-state index contributed by atoms with van der Waals surface area (Å²) in [6, 6.07) is 3.84. The number of rotatable bonds is 7. The average Bonchev–Trinajstić information content (AvgIpc) is 3.70. The number of oxazole rings is 1. The maximum Gasteiger partial charge on any atom is 0.275 e. The van der Waals surface area contributed by atoms with E-state index in [9.17, 15) is 4.79 Å². The number of anilines is 1. The Morgan fingerprint density at radius 1 is 1.28 bits per heavy atom. The highest BCUT2D eigenvalue weighted by molar-refractivity contribution is 7.13. The molecule has 1 aliphatic carbocycles. The van der Waals surface area contributed by atoms with Crippen LogP contribution in [0, 0.1) is 0 Å². The highest BCUT2D eigenvalue weighted by atomic mass is 32.1. The number of H-pyrrole nitrogens is 1. The number of thiazole rings is 1. The second kappa shape index (κ2) is 9.63. The molecule has 0 radical (unpaired) electrons. The van der Waals surface area contributed by atoms with Crippen LogP contribution < -0.4 is 5.32 Å². The van der Waals surface area contributed by atoms with Crippen LogP contribution in [0.1, 0.15) is 49.1 Å². The maximum absolute atomic E-state index is 13.2. The number of carbonyl (C=O) groups is 1. The van der Waals surface area contributed by atoms with Crippen molar-refractivity contribution in [1.82, 2.24) is 34.9 Å². The molecule has 0 atom stereocenters. The fourth-order valence-electron chi connectivity index (χ4n) is 4.52. The standard InChI is InChI=1S/C24H24N8O3S/c1-2-34-16-5-3-15(4-6-16)32-11-18(21(31-32)17-7-8-20-22(28-17)25-13-35-20)29-23(33)19-12-36-24(30-19)14-9-26-27-10-14/h7-13,15-16H,2-6H2,1H3,(H,26,27)(H,29,33). The summed E-state index contributed by atoms with van der Waals surface area (Å²) in [7, 11) is 0. The fraction of sp³-hybridized carbons (Fsp3) is 0.333. The van der Waals surface area contributed by atoms with Crippen LogP contribution in [-0.2, 0) is 4.74 Å². The predicted molar refractivity (Wildman–Crippen MR) is 134 cm³/mol. The molecule has 0 unspecified atom stereocenters. The molecular formula is C24H24N8O3S. The van der Waals surface area contributed by atoms with Gasteiger partial charge in [-0.1, -0.05) is 0 Å². The van der Waals surface area contributed by atoms with Crippen LogP contribution in [-0.4, -0.2) is 53.5 Å². The minimum Gasteiger partial charge on any atom is -0.442 e. The van der Waals surface area contributed by atoms with E-state index in [4.69, 9.17) is 14.3 Å². The lowest BCUT2D eigenvalue weighted by atomic mass is 9.93. The lowest BCUT2D eigenvalue weighted by Gasteiger charge is -2.28. The quantitative estimate of drug-likeness (QED) is 0.325. The molecule has 1 saturated carbocycles. The van der Waals surface area contributed by atoms with E-state index in [0.29, 0.717) is 45.1 Å². The van der Waals surface area contributed by atoms with E-state index >= 15 is 0 Å². The number of hydrogen-bond acceptors (Lipinski definition) is 9. The predicted octanol–water partition coefficient (Wildman–Crippen LogP) is 4.71. The highest BCUT2D eigenvalue weighted by Gasteiger charge is 2.26. The molecule has 1 aliphatic rings. The first-order valence-electron chi connectivity index (χ1n) is 11.9. The molecule has 12 heteroatoms. The topological polar surface area (TPSA) is 137 Å². The third-order valence-corrected chi connectivity index (χ3v) is 7.21. The molecule has 1 fully saturated rings. The second-order valence-electron chi connectivity index (χ2n) is 8.61. The van der Waals surface area contributed by atoms with Gasteiger partial charge in [0.25, 0.3) is 5.91 Å². The van der Waals surface area contributed by atoms with Gasteiger partial charge >= 0.3 is 0 Å². The summed E-state index contributed by atoms with van der Waals surface area (Å²) in [4.78, 5) is 26.4. The van der Waals surface area contributed by atoms with E-state index in [1.54, 1.807) is 23.8 Å². The Balaban J connectivity index is 1.30. The van der Waals surface area contributed by atoms with Gasteiger partial charge in [-0.2, -0.15) is 15.2 Å². The van der Waals surface area contributed by atoms with Crippen molar-refractivity contribution >= 4 is 34.2 Å². The minimum atomic E-state index is -0.315. The van der Waals surface area contributed by atoms with Crippen LogP contribution in [0.25, 0.3) is 33.2 Å². The Hall–Kier alpha value is -3.90. The van der Waals surface area contributed by atoms with Gasteiger partial charge in [-0.05, 0) is 44.7 Å². The first kappa shape index (κ1) is 22.6. The SMILES string of the molecule is CCOC1CCC(n2cc(NC(=O)c3csc(-c4cn[nH]c4)n3)c(-c3ccc4ocnc4n3)n2)CC1. The van der Waals surface area contributed by atoms with Crippen LogP contribution in [0.15, 0.2) is 46.9 Å². The first-order valence-corrected chi connectivity index (χ1v) is 12.7. The molecular weight excluding hydrogens is 480 g/mol. The number of amides is 1. The number of nitrogens with zero attached hydrogens (tertiary/aromatic N) is 6. The van der Waals surface area contributed by atoms with Crippen LogP contribution in [0.5, 0.6) is 0 Å². The van der Waals surface area contributed by atoms with E-state index in [1.165, 1.54) is 17.7 Å². The summed E-state index contributed by atoms with van der Waals surface area (Å²) in [5.41, 5.74) is 3.98. The second-order valence-corrected chi connectivity index (χ2v) is 9.46. The number of hydrogen-bond donors (Lipinski definition) is 2. The summed E-state index contributed by atoms with van der Waals surface area (Å²) in [5, 5.41) is 17.0. The Kier molecular flexibility index (Phi) is 6.03. The van der Waals surface area contributed by atoms with Crippen molar-refractivity contribution < 1.29 is 13.9 Å². The largest absolute Gasteiger partial charge is 0.442 e. The zero-order valence-electron chi connectivity index (χ0n) is 19.5. The molecule has 0 saturated heterocycles. The number of fused-ring (bicyclic) bond motifs is 1. The van der Waals surface area contributed by atoms with Gasteiger partial charge in [-0.15, -0.1) is 11.3 Å². The Labute approximate surface area is 209 Å². The minimum absolute atomic E-state index is 0.217. The van der Waals surface area contributed by atoms with E-state index in [0.717, 1.165) is 37.9 Å². The van der Waals surface area contributed by atoms with Gasteiger partial charge in [0.1, 0.15) is 16.4 Å². The number of pyridine rings is 1. The molecule has 184 valence electrons. The molecule has 1 amide bonds. The van der Waals surface area contributed by atoms with Crippen LogP contribution in [0.4, 0.5) is 5.69 Å². The summed E-state index contributed by atoms with van der Waals surface area (Å²) in [5.74, 6) is -0.315. The molecule has 2 N–H and O–H groups in total. The number of aromatic nitrogens is 7. The van der Waals surface area contributed by atoms with Gasteiger partial charge in [0.05, 0.1) is 29.7 Å². The number of aromatic amines is 1.